The number of rotatable bonds is 8. The van der Waals surface area contributed by atoms with Crippen molar-refractivity contribution in [2.24, 2.45) is 0 Å². The average Bonchev–Trinajstić information content (AvgIpc) is 2.40. The maximum absolute atomic E-state index is 13.5. The Bertz CT molecular complexity index is 388. The number of aliphatic hydroxyl groups is 1. The van der Waals surface area contributed by atoms with Crippen molar-refractivity contribution in [3.8, 4) is 0 Å². The summed E-state index contributed by atoms with van der Waals surface area (Å²) in [5.74, 6) is -1.91. The normalized spacial score (nSPS) is 12.9. The van der Waals surface area contributed by atoms with Gasteiger partial charge in [0.25, 0.3) is 0 Å². The molecule has 1 N–H and O–H groups in total. The molecule has 0 aliphatic heterocycles. The predicted molar refractivity (Wildman–Crippen MR) is 69.9 cm³/mol. The van der Waals surface area contributed by atoms with Crippen LogP contribution in [0.3, 0.4) is 0 Å². The molecule has 0 bridgehead atoms. The van der Waals surface area contributed by atoms with E-state index in [-0.39, 0.29) is 12.1 Å². The zero-order chi connectivity index (χ0) is 14.3. The van der Waals surface area contributed by atoms with E-state index >= 15 is 0 Å². The number of likely N-dealkylation sites (N-methyl/N-ethyl adjacent to an activating group) is 1. The van der Waals surface area contributed by atoms with E-state index in [1.54, 1.807) is 0 Å². The molecular formula is C14H21F2NO2. The lowest BCUT2D eigenvalue weighted by atomic mass is 10.1. The van der Waals surface area contributed by atoms with Gasteiger partial charge in [-0.2, -0.15) is 0 Å². The van der Waals surface area contributed by atoms with E-state index in [4.69, 9.17) is 4.74 Å². The summed E-state index contributed by atoms with van der Waals surface area (Å²) in [6.45, 7) is 6.67. The first kappa shape index (κ1) is 16.0. The Labute approximate surface area is 112 Å². The van der Waals surface area contributed by atoms with Gasteiger partial charge in [0.1, 0.15) is 0 Å². The first-order chi connectivity index (χ1) is 9.10. The quantitative estimate of drug-likeness (QED) is 0.738. The molecule has 108 valence electrons. The van der Waals surface area contributed by atoms with Crippen LogP contribution in [0.5, 0.6) is 0 Å². The highest BCUT2D eigenvalue weighted by atomic mass is 19.2. The minimum Gasteiger partial charge on any atom is -0.387 e. The van der Waals surface area contributed by atoms with Crippen LogP contribution in [0.1, 0.15) is 25.5 Å². The summed E-state index contributed by atoms with van der Waals surface area (Å²) in [5, 5.41) is 9.99. The van der Waals surface area contributed by atoms with E-state index in [0.717, 1.165) is 6.07 Å². The first-order valence-electron chi connectivity index (χ1n) is 6.52. The van der Waals surface area contributed by atoms with Gasteiger partial charge in [0.15, 0.2) is 11.6 Å². The highest BCUT2D eigenvalue weighted by Gasteiger charge is 2.18. The Balaban J connectivity index is 2.61. The largest absolute Gasteiger partial charge is 0.387 e. The van der Waals surface area contributed by atoms with Crippen molar-refractivity contribution < 1.29 is 18.6 Å². The summed E-state index contributed by atoms with van der Waals surface area (Å²) in [6.07, 6.45) is -1.04. The van der Waals surface area contributed by atoms with Crippen molar-refractivity contribution in [1.82, 2.24) is 4.90 Å². The molecule has 0 fully saturated rings. The van der Waals surface area contributed by atoms with Crippen LogP contribution in [0.15, 0.2) is 18.2 Å². The molecule has 0 saturated carbocycles. The minimum absolute atomic E-state index is 0.00476. The van der Waals surface area contributed by atoms with Crippen molar-refractivity contribution in [1.29, 1.82) is 0 Å². The van der Waals surface area contributed by atoms with Gasteiger partial charge in [-0.15, -0.1) is 0 Å². The highest BCUT2D eigenvalue weighted by Crippen LogP contribution is 2.20. The molecule has 1 rings (SSSR count). The summed E-state index contributed by atoms with van der Waals surface area (Å²) in [7, 11) is 0. The minimum atomic E-state index is -1.04. The van der Waals surface area contributed by atoms with Crippen LogP contribution in [-0.2, 0) is 4.74 Å². The van der Waals surface area contributed by atoms with Gasteiger partial charge < -0.3 is 9.84 Å². The van der Waals surface area contributed by atoms with Gasteiger partial charge in [-0.1, -0.05) is 19.1 Å². The number of benzene rings is 1. The lowest BCUT2D eigenvalue weighted by Crippen LogP contribution is -2.32. The van der Waals surface area contributed by atoms with E-state index < -0.39 is 17.7 Å². The third-order valence-corrected chi connectivity index (χ3v) is 2.97. The molecule has 0 radical (unpaired) electrons. The van der Waals surface area contributed by atoms with Crippen LogP contribution in [0, 0.1) is 11.6 Å². The van der Waals surface area contributed by atoms with Crippen molar-refractivity contribution in [2.45, 2.75) is 20.0 Å². The van der Waals surface area contributed by atoms with Gasteiger partial charge >= 0.3 is 0 Å². The number of ether oxygens (including phenoxy) is 1. The third kappa shape index (κ3) is 4.86. The highest BCUT2D eigenvalue weighted by molar-refractivity contribution is 5.21. The molecule has 0 amide bonds. The van der Waals surface area contributed by atoms with Crippen LogP contribution in [0.25, 0.3) is 0 Å². The maximum atomic E-state index is 13.5. The summed E-state index contributed by atoms with van der Waals surface area (Å²) in [4.78, 5) is 1.94. The second-order valence-corrected chi connectivity index (χ2v) is 4.25. The standard InChI is InChI=1S/C14H21F2NO2/c1-3-17(8-9-19-4-2)10-13(18)11-6-5-7-12(15)14(11)16/h5-7,13,18H,3-4,8-10H2,1-2H3. The molecule has 0 saturated heterocycles. The van der Waals surface area contributed by atoms with Crippen LogP contribution >= 0.6 is 0 Å². The summed E-state index contributed by atoms with van der Waals surface area (Å²) < 4.78 is 31.9. The molecule has 19 heavy (non-hydrogen) atoms. The SMILES string of the molecule is CCOCCN(CC)CC(O)c1cccc(F)c1F. The number of halogens is 2. The fraction of sp³-hybridized carbons (Fsp3) is 0.571. The summed E-state index contributed by atoms with van der Waals surface area (Å²) in [5.41, 5.74) is -0.00476. The third-order valence-electron chi connectivity index (χ3n) is 2.97. The molecule has 3 nitrogen and oxygen atoms in total. The molecule has 0 aliphatic carbocycles. The average molecular weight is 273 g/mol. The van der Waals surface area contributed by atoms with E-state index in [9.17, 15) is 13.9 Å². The number of hydrogen-bond donors (Lipinski definition) is 1. The van der Waals surface area contributed by atoms with Gasteiger partial charge in [-0.25, -0.2) is 8.78 Å². The lowest BCUT2D eigenvalue weighted by molar-refractivity contribution is 0.0775. The molecule has 0 aromatic heterocycles. The predicted octanol–water partition coefficient (Wildman–Crippen LogP) is 2.36. The smallest absolute Gasteiger partial charge is 0.164 e. The number of nitrogens with zero attached hydrogens (tertiary/aromatic N) is 1. The van der Waals surface area contributed by atoms with E-state index in [1.807, 2.05) is 18.7 Å². The topological polar surface area (TPSA) is 32.7 Å². The van der Waals surface area contributed by atoms with Crippen molar-refractivity contribution in [3.05, 3.63) is 35.4 Å². The Kier molecular flexibility index (Phi) is 6.91. The molecular weight excluding hydrogens is 252 g/mol. The molecule has 0 spiro atoms. The summed E-state index contributed by atoms with van der Waals surface area (Å²) >= 11 is 0. The molecule has 0 heterocycles. The number of hydrogen-bond acceptors (Lipinski definition) is 3. The molecule has 1 atom stereocenters. The maximum Gasteiger partial charge on any atom is 0.164 e. The second kappa shape index (κ2) is 8.19. The number of aliphatic hydroxyl groups excluding tert-OH is 1. The zero-order valence-electron chi connectivity index (χ0n) is 11.4. The Morgan fingerprint density at radius 2 is 2.05 bits per heavy atom. The monoisotopic (exact) mass is 273 g/mol. The van der Waals surface area contributed by atoms with Crippen molar-refractivity contribution >= 4 is 0 Å². The first-order valence-corrected chi connectivity index (χ1v) is 6.52. The van der Waals surface area contributed by atoms with Crippen LogP contribution in [0.4, 0.5) is 8.78 Å². The van der Waals surface area contributed by atoms with Gasteiger partial charge in [-0.05, 0) is 19.5 Å². The van der Waals surface area contributed by atoms with Crippen molar-refractivity contribution in [2.75, 3.05) is 32.8 Å². The van der Waals surface area contributed by atoms with Gasteiger partial charge in [0, 0.05) is 25.3 Å². The Hall–Kier alpha value is -1.04. The summed E-state index contributed by atoms with van der Waals surface area (Å²) in [6, 6.07) is 3.84. The molecule has 1 unspecified atom stereocenters. The van der Waals surface area contributed by atoms with Gasteiger partial charge in [0.2, 0.25) is 0 Å². The van der Waals surface area contributed by atoms with Crippen molar-refractivity contribution in [3.63, 3.8) is 0 Å². The zero-order valence-corrected chi connectivity index (χ0v) is 11.4. The molecule has 1 aromatic carbocycles. The lowest BCUT2D eigenvalue weighted by Gasteiger charge is -2.23. The fourth-order valence-electron chi connectivity index (χ4n) is 1.84. The second-order valence-electron chi connectivity index (χ2n) is 4.25. The van der Waals surface area contributed by atoms with Crippen LogP contribution < -0.4 is 0 Å². The molecule has 1 aromatic rings. The van der Waals surface area contributed by atoms with Gasteiger partial charge in [0.05, 0.1) is 12.7 Å². The molecule has 5 heteroatoms. The Morgan fingerprint density at radius 3 is 2.68 bits per heavy atom. The van der Waals surface area contributed by atoms with Gasteiger partial charge in [-0.3, -0.25) is 4.90 Å². The fourth-order valence-corrected chi connectivity index (χ4v) is 1.84. The van der Waals surface area contributed by atoms with Crippen LogP contribution in [-0.4, -0.2) is 42.9 Å². The van der Waals surface area contributed by atoms with E-state index in [0.29, 0.717) is 26.3 Å². The molecule has 0 aliphatic rings. The van der Waals surface area contributed by atoms with E-state index in [2.05, 4.69) is 0 Å². The van der Waals surface area contributed by atoms with Crippen LogP contribution in [0.2, 0.25) is 0 Å². The Morgan fingerprint density at radius 1 is 1.32 bits per heavy atom. The van der Waals surface area contributed by atoms with E-state index in [1.165, 1.54) is 12.1 Å².